The van der Waals surface area contributed by atoms with Crippen molar-refractivity contribution in [3.8, 4) is 10.7 Å². The highest BCUT2D eigenvalue weighted by molar-refractivity contribution is 7.13. The molecule has 0 bridgehead atoms. The van der Waals surface area contributed by atoms with Gasteiger partial charge in [-0.3, -0.25) is 4.79 Å². The van der Waals surface area contributed by atoms with Crippen molar-refractivity contribution < 1.29 is 4.79 Å². The summed E-state index contributed by atoms with van der Waals surface area (Å²) in [5.41, 5.74) is 10.6. The maximum atomic E-state index is 12.7. The first kappa shape index (κ1) is 20.6. The van der Waals surface area contributed by atoms with Gasteiger partial charge >= 0.3 is 0 Å². The molecule has 26 heavy (non-hydrogen) atoms. The molecule has 1 unspecified atom stereocenters. The number of hydrogen-bond acceptors (Lipinski definition) is 5. The molecule has 1 atom stereocenters. The van der Waals surface area contributed by atoms with E-state index in [1.165, 1.54) is 0 Å². The molecule has 1 saturated heterocycles. The van der Waals surface area contributed by atoms with Crippen LogP contribution in [0.25, 0.3) is 21.7 Å². The van der Waals surface area contributed by atoms with Crippen molar-refractivity contribution in [1.29, 1.82) is 0 Å². The Morgan fingerprint density at radius 3 is 2.77 bits per heavy atom. The van der Waals surface area contributed by atoms with E-state index in [1.54, 1.807) is 11.3 Å². The molecule has 6 nitrogen and oxygen atoms in total. The van der Waals surface area contributed by atoms with Crippen LogP contribution >= 0.6 is 36.2 Å². The Labute approximate surface area is 168 Å². The molecular formula is C17H21Cl2N5OS. The van der Waals surface area contributed by atoms with Crippen LogP contribution in [-0.2, 0) is 11.3 Å². The predicted octanol–water partition coefficient (Wildman–Crippen LogP) is 2.87. The van der Waals surface area contributed by atoms with Gasteiger partial charge in [-0.25, -0.2) is 9.97 Å². The number of imidazole rings is 1. The monoisotopic (exact) mass is 413 g/mol. The highest BCUT2D eigenvalue weighted by atomic mass is 35.5. The van der Waals surface area contributed by atoms with E-state index < -0.39 is 0 Å². The molecule has 1 fully saturated rings. The third kappa shape index (κ3) is 3.71. The lowest BCUT2D eigenvalue weighted by molar-refractivity contribution is -0.130. The average Bonchev–Trinajstić information content (AvgIpc) is 3.27. The van der Waals surface area contributed by atoms with Crippen LogP contribution in [0.5, 0.6) is 0 Å². The number of hydrogen-bond donors (Lipinski definition) is 1. The quantitative estimate of drug-likeness (QED) is 0.715. The number of fused-ring (bicyclic) bond motifs is 1. The standard InChI is InChI=1S/C17H19N5OS.2ClH/c1-11-16(24-10-19-11)17-20-13-4-2-3-5-14(13)22(17)9-15(23)21-7-6-12(18)8-21;;/h2-5,10,12H,6-9,18H2,1H3;2*1H. The minimum absolute atomic E-state index is 0. The van der Waals surface area contributed by atoms with Crippen molar-refractivity contribution in [2.45, 2.75) is 25.9 Å². The van der Waals surface area contributed by atoms with Gasteiger partial charge in [0, 0.05) is 19.1 Å². The molecule has 0 radical (unpaired) electrons. The number of benzene rings is 1. The number of aryl methyl sites for hydroxylation is 1. The summed E-state index contributed by atoms with van der Waals surface area (Å²) >= 11 is 1.55. The van der Waals surface area contributed by atoms with Crippen LogP contribution in [0.15, 0.2) is 29.8 Å². The highest BCUT2D eigenvalue weighted by Gasteiger charge is 2.25. The van der Waals surface area contributed by atoms with Crippen molar-refractivity contribution in [1.82, 2.24) is 19.4 Å². The van der Waals surface area contributed by atoms with Gasteiger partial charge in [0.05, 0.1) is 27.1 Å². The maximum absolute atomic E-state index is 12.7. The van der Waals surface area contributed by atoms with Crippen molar-refractivity contribution in [3.63, 3.8) is 0 Å². The van der Waals surface area contributed by atoms with E-state index >= 15 is 0 Å². The molecular weight excluding hydrogens is 393 g/mol. The molecule has 9 heteroatoms. The molecule has 4 rings (SSSR count). The number of nitrogens with zero attached hydrogens (tertiary/aromatic N) is 4. The second-order valence-corrected chi connectivity index (χ2v) is 7.02. The minimum Gasteiger partial charge on any atom is -0.340 e. The summed E-state index contributed by atoms with van der Waals surface area (Å²) in [5, 5.41) is 0. The van der Waals surface area contributed by atoms with E-state index in [1.807, 2.05) is 46.2 Å². The third-order valence-electron chi connectivity index (χ3n) is 4.47. The fourth-order valence-corrected chi connectivity index (χ4v) is 3.98. The van der Waals surface area contributed by atoms with Gasteiger partial charge in [-0.05, 0) is 25.5 Å². The zero-order valence-electron chi connectivity index (χ0n) is 14.3. The number of nitrogens with two attached hydrogens (primary N) is 1. The number of likely N-dealkylation sites (tertiary alicyclic amines) is 1. The van der Waals surface area contributed by atoms with Gasteiger partial charge in [-0.15, -0.1) is 36.2 Å². The van der Waals surface area contributed by atoms with Crippen LogP contribution in [0, 0.1) is 6.92 Å². The van der Waals surface area contributed by atoms with Crippen molar-refractivity contribution >= 4 is 53.1 Å². The van der Waals surface area contributed by atoms with Crippen LogP contribution in [-0.4, -0.2) is 44.5 Å². The van der Waals surface area contributed by atoms with E-state index in [-0.39, 0.29) is 43.3 Å². The van der Waals surface area contributed by atoms with Crippen molar-refractivity contribution in [2.75, 3.05) is 13.1 Å². The number of carbonyl (C=O) groups is 1. The molecule has 2 aromatic heterocycles. The van der Waals surface area contributed by atoms with Crippen LogP contribution in [0.1, 0.15) is 12.1 Å². The zero-order valence-corrected chi connectivity index (χ0v) is 16.7. The van der Waals surface area contributed by atoms with E-state index in [2.05, 4.69) is 4.98 Å². The summed E-state index contributed by atoms with van der Waals surface area (Å²) in [6.07, 6.45) is 0.872. The number of para-hydroxylation sites is 2. The second-order valence-electron chi connectivity index (χ2n) is 6.17. The predicted molar refractivity (Wildman–Crippen MR) is 109 cm³/mol. The first-order valence-electron chi connectivity index (χ1n) is 8.02. The van der Waals surface area contributed by atoms with Gasteiger partial charge in [0.25, 0.3) is 0 Å². The Balaban J connectivity index is 0.00000121. The smallest absolute Gasteiger partial charge is 0.242 e. The molecule has 1 aromatic carbocycles. The fourth-order valence-electron chi connectivity index (χ4n) is 3.17. The van der Waals surface area contributed by atoms with Crippen LogP contribution in [0.4, 0.5) is 0 Å². The number of aromatic nitrogens is 3. The summed E-state index contributed by atoms with van der Waals surface area (Å²) in [6.45, 7) is 3.62. The average molecular weight is 414 g/mol. The summed E-state index contributed by atoms with van der Waals surface area (Å²) in [5.74, 6) is 0.905. The highest BCUT2D eigenvalue weighted by Crippen LogP contribution is 2.30. The molecule has 3 aromatic rings. The summed E-state index contributed by atoms with van der Waals surface area (Å²) in [7, 11) is 0. The topological polar surface area (TPSA) is 77.0 Å². The fraction of sp³-hybridized carbons (Fsp3) is 0.353. The Morgan fingerprint density at radius 1 is 1.35 bits per heavy atom. The van der Waals surface area contributed by atoms with Gasteiger partial charge in [-0.1, -0.05) is 12.1 Å². The number of halogens is 2. The Bertz CT molecular complexity index is 910. The number of amides is 1. The maximum Gasteiger partial charge on any atom is 0.242 e. The first-order chi connectivity index (χ1) is 11.6. The Hall–Kier alpha value is -1.67. The zero-order chi connectivity index (χ0) is 16.7. The van der Waals surface area contributed by atoms with E-state index in [4.69, 9.17) is 10.7 Å². The summed E-state index contributed by atoms with van der Waals surface area (Å²) in [4.78, 5) is 24.7. The SMILES string of the molecule is Cc1ncsc1-c1nc2ccccc2n1CC(=O)N1CCC(N)C1.Cl.Cl. The van der Waals surface area contributed by atoms with Gasteiger partial charge < -0.3 is 15.2 Å². The van der Waals surface area contributed by atoms with E-state index in [0.29, 0.717) is 6.54 Å². The minimum atomic E-state index is 0. The van der Waals surface area contributed by atoms with Crippen molar-refractivity contribution in [2.24, 2.45) is 5.73 Å². The third-order valence-corrected chi connectivity index (χ3v) is 5.40. The van der Waals surface area contributed by atoms with Crippen LogP contribution in [0.3, 0.4) is 0 Å². The molecule has 1 aliphatic rings. The van der Waals surface area contributed by atoms with E-state index in [0.717, 1.165) is 40.4 Å². The lowest BCUT2D eigenvalue weighted by Crippen LogP contribution is -2.34. The molecule has 0 saturated carbocycles. The van der Waals surface area contributed by atoms with Gasteiger partial charge in [0.2, 0.25) is 5.91 Å². The number of thiazole rings is 1. The summed E-state index contributed by atoms with van der Waals surface area (Å²) < 4.78 is 2.00. The molecule has 2 N–H and O–H groups in total. The van der Waals surface area contributed by atoms with Crippen LogP contribution in [0.2, 0.25) is 0 Å². The second kappa shape index (κ2) is 8.35. The Morgan fingerprint density at radius 2 is 2.12 bits per heavy atom. The summed E-state index contributed by atoms with van der Waals surface area (Å²) in [6, 6.07) is 8.01. The van der Waals surface area contributed by atoms with Gasteiger partial charge in [0.1, 0.15) is 6.54 Å². The molecule has 0 aliphatic carbocycles. The van der Waals surface area contributed by atoms with Gasteiger partial charge in [-0.2, -0.15) is 0 Å². The molecule has 1 aliphatic heterocycles. The largest absolute Gasteiger partial charge is 0.340 e. The Kier molecular flexibility index (Phi) is 6.63. The first-order valence-corrected chi connectivity index (χ1v) is 8.90. The molecule has 3 heterocycles. The van der Waals surface area contributed by atoms with Gasteiger partial charge in [0.15, 0.2) is 5.82 Å². The van der Waals surface area contributed by atoms with E-state index in [9.17, 15) is 4.79 Å². The normalized spacial score (nSPS) is 16.4. The lowest BCUT2D eigenvalue weighted by atomic mass is 10.3. The van der Waals surface area contributed by atoms with Crippen LogP contribution < -0.4 is 5.73 Å². The number of rotatable bonds is 3. The molecule has 0 spiro atoms. The van der Waals surface area contributed by atoms with Crippen molar-refractivity contribution in [3.05, 3.63) is 35.5 Å². The lowest BCUT2D eigenvalue weighted by Gasteiger charge is -2.17. The molecule has 1 amide bonds. The number of carbonyl (C=O) groups excluding carboxylic acids is 1. The molecule has 140 valence electrons.